The molecule has 2 aromatic carbocycles. The molecule has 0 radical (unpaired) electrons. The van der Waals surface area contributed by atoms with Gasteiger partial charge in [-0.2, -0.15) is 0 Å². The highest BCUT2D eigenvalue weighted by molar-refractivity contribution is 6.31. The van der Waals surface area contributed by atoms with Crippen LogP contribution in [0.4, 0.5) is 0 Å². The number of rotatable bonds is 3. The predicted octanol–water partition coefficient (Wildman–Crippen LogP) is 4.30. The lowest BCUT2D eigenvalue weighted by molar-refractivity contribution is 0.753. The van der Waals surface area contributed by atoms with E-state index in [0.717, 1.165) is 34.9 Å². The summed E-state index contributed by atoms with van der Waals surface area (Å²) in [5.74, 6) is 1.10. The summed E-state index contributed by atoms with van der Waals surface area (Å²) in [6.07, 6.45) is 0.916. The van der Waals surface area contributed by atoms with E-state index >= 15 is 0 Å². The van der Waals surface area contributed by atoms with Gasteiger partial charge in [-0.3, -0.25) is 0 Å². The van der Waals surface area contributed by atoms with Gasteiger partial charge in [-0.15, -0.1) is 0 Å². The minimum atomic E-state index is 0.767. The number of hydrogen-bond acceptors (Lipinski definition) is 1. The third-order valence-corrected chi connectivity index (χ3v) is 3.70. The van der Waals surface area contributed by atoms with Crippen molar-refractivity contribution in [3.63, 3.8) is 0 Å². The van der Waals surface area contributed by atoms with Crippen LogP contribution >= 0.6 is 11.6 Å². The van der Waals surface area contributed by atoms with Crippen LogP contribution in [0.25, 0.3) is 11.0 Å². The number of benzene rings is 2. The number of halogens is 1. The molecule has 0 fully saturated rings. The van der Waals surface area contributed by atoms with Crippen molar-refractivity contribution >= 4 is 22.6 Å². The van der Waals surface area contributed by atoms with Crippen LogP contribution < -0.4 is 0 Å². The van der Waals surface area contributed by atoms with Crippen molar-refractivity contribution < 1.29 is 0 Å². The summed E-state index contributed by atoms with van der Waals surface area (Å²) < 4.78 is 2.25. The first-order chi connectivity index (χ1) is 9.29. The van der Waals surface area contributed by atoms with E-state index in [9.17, 15) is 0 Å². The molecule has 0 amide bonds. The van der Waals surface area contributed by atoms with Gasteiger partial charge in [0.25, 0.3) is 0 Å². The molecule has 3 aromatic rings. The maximum Gasteiger partial charge on any atom is 0.109 e. The van der Waals surface area contributed by atoms with Gasteiger partial charge >= 0.3 is 0 Å². The first kappa shape index (κ1) is 12.2. The molecule has 0 saturated carbocycles. The fraction of sp³-hybridized carbons (Fsp3) is 0.188. The molecule has 3 rings (SSSR count). The first-order valence-corrected chi connectivity index (χ1v) is 6.85. The van der Waals surface area contributed by atoms with E-state index in [1.54, 1.807) is 0 Å². The van der Waals surface area contributed by atoms with Crippen LogP contribution in [0.15, 0.2) is 48.5 Å². The van der Waals surface area contributed by atoms with Crippen molar-refractivity contribution in [1.82, 2.24) is 9.55 Å². The van der Waals surface area contributed by atoms with Gasteiger partial charge in [-0.25, -0.2) is 4.98 Å². The van der Waals surface area contributed by atoms with Crippen molar-refractivity contribution in [2.24, 2.45) is 0 Å². The smallest absolute Gasteiger partial charge is 0.109 e. The Morgan fingerprint density at radius 1 is 1.05 bits per heavy atom. The van der Waals surface area contributed by atoms with E-state index in [-0.39, 0.29) is 0 Å². The Bertz CT molecular complexity index is 716. The molecule has 0 bridgehead atoms. The zero-order valence-corrected chi connectivity index (χ0v) is 11.6. The van der Waals surface area contributed by atoms with Crippen LogP contribution in [0.1, 0.15) is 18.3 Å². The predicted molar refractivity (Wildman–Crippen MR) is 79.7 cm³/mol. The molecule has 0 aliphatic carbocycles. The zero-order chi connectivity index (χ0) is 13.2. The van der Waals surface area contributed by atoms with Gasteiger partial charge in [0, 0.05) is 11.4 Å². The minimum Gasteiger partial charge on any atom is -0.323 e. The van der Waals surface area contributed by atoms with Gasteiger partial charge in [-0.1, -0.05) is 48.9 Å². The fourth-order valence-electron chi connectivity index (χ4n) is 2.37. The van der Waals surface area contributed by atoms with Crippen LogP contribution in [-0.4, -0.2) is 9.55 Å². The van der Waals surface area contributed by atoms with E-state index in [1.807, 2.05) is 30.3 Å². The molecule has 0 spiro atoms. The minimum absolute atomic E-state index is 0.767. The summed E-state index contributed by atoms with van der Waals surface area (Å²) in [5.41, 5.74) is 3.34. The fourth-order valence-corrected chi connectivity index (χ4v) is 2.56. The highest BCUT2D eigenvalue weighted by Crippen LogP contribution is 2.21. The first-order valence-electron chi connectivity index (χ1n) is 6.47. The van der Waals surface area contributed by atoms with Crippen LogP contribution in [0.5, 0.6) is 0 Å². The lowest BCUT2D eigenvalue weighted by Gasteiger charge is -2.09. The van der Waals surface area contributed by atoms with Crippen LogP contribution in [0.2, 0.25) is 5.02 Å². The monoisotopic (exact) mass is 270 g/mol. The molecule has 0 aliphatic rings. The van der Waals surface area contributed by atoms with Crippen molar-refractivity contribution in [2.45, 2.75) is 19.9 Å². The summed E-state index contributed by atoms with van der Waals surface area (Å²) in [7, 11) is 0. The lowest BCUT2D eigenvalue weighted by Crippen LogP contribution is -2.04. The highest BCUT2D eigenvalue weighted by Gasteiger charge is 2.10. The van der Waals surface area contributed by atoms with Gasteiger partial charge in [0.2, 0.25) is 0 Å². The third-order valence-electron chi connectivity index (χ3n) is 3.34. The van der Waals surface area contributed by atoms with Crippen molar-refractivity contribution in [1.29, 1.82) is 0 Å². The quantitative estimate of drug-likeness (QED) is 0.694. The number of aromatic nitrogens is 2. The Morgan fingerprint density at radius 3 is 2.58 bits per heavy atom. The summed E-state index contributed by atoms with van der Waals surface area (Å²) in [5, 5.41) is 0.808. The number of para-hydroxylation sites is 2. The highest BCUT2D eigenvalue weighted by atomic mass is 35.5. The largest absolute Gasteiger partial charge is 0.323 e. The molecular formula is C16H15ClN2. The van der Waals surface area contributed by atoms with Crippen LogP contribution in [0.3, 0.4) is 0 Å². The molecule has 0 N–H and O–H groups in total. The Morgan fingerprint density at radius 2 is 1.79 bits per heavy atom. The molecule has 96 valence electrons. The Kier molecular flexibility index (Phi) is 3.26. The van der Waals surface area contributed by atoms with Gasteiger partial charge in [0.05, 0.1) is 17.6 Å². The summed E-state index contributed by atoms with van der Waals surface area (Å²) in [6, 6.07) is 16.2. The molecular weight excluding hydrogens is 256 g/mol. The van der Waals surface area contributed by atoms with Gasteiger partial charge in [0.1, 0.15) is 5.82 Å². The van der Waals surface area contributed by atoms with E-state index in [1.165, 1.54) is 5.52 Å². The number of fused-ring (bicyclic) bond motifs is 1. The van der Waals surface area contributed by atoms with E-state index in [0.29, 0.717) is 0 Å². The average molecular weight is 271 g/mol. The second-order valence-electron chi connectivity index (χ2n) is 4.55. The molecule has 0 saturated heterocycles. The topological polar surface area (TPSA) is 17.8 Å². The number of hydrogen-bond donors (Lipinski definition) is 0. The van der Waals surface area contributed by atoms with Crippen LogP contribution in [0, 0.1) is 0 Å². The molecule has 1 heterocycles. The third kappa shape index (κ3) is 2.24. The molecule has 0 unspecified atom stereocenters. The summed E-state index contributed by atoms with van der Waals surface area (Å²) in [4.78, 5) is 4.68. The standard InChI is InChI=1S/C16H15ClN2/c1-2-16-18-14-9-5-6-10-15(14)19(16)11-12-7-3-4-8-13(12)17/h3-10H,2,11H2,1H3. The van der Waals surface area contributed by atoms with Crippen molar-refractivity contribution in [3.05, 3.63) is 64.9 Å². The maximum atomic E-state index is 6.25. The van der Waals surface area contributed by atoms with E-state index < -0.39 is 0 Å². The van der Waals surface area contributed by atoms with Crippen molar-refractivity contribution in [2.75, 3.05) is 0 Å². The van der Waals surface area contributed by atoms with Gasteiger partial charge in [0.15, 0.2) is 0 Å². The van der Waals surface area contributed by atoms with Gasteiger partial charge < -0.3 is 4.57 Å². The average Bonchev–Trinajstić information content (AvgIpc) is 2.79. The van der Waals surface area contributed by atoms with Gasteiger partial charge in [-0.05, 0) is 23.8 Å². The lowest BCUT2D eigenvalue weighted by atomic mass is 10.2. The number of nitrogens with zero attached hydrogens (tertiary/aromatic N) is 2. The second kappa shape index (κ2) is 5.06. The second-order valence-corrected chi connectivity index (χ2v) is 4.96. The maximum absolute atomic E-state index is 6.25. The Labute approximate surface area is 117 Å². The molecule has 0 atom stereocenters. The van der Waals surface area contributed by atoms with E-state index in [4.69, 9.17) is 11.6 Å². The molecule has 19 heavy (non-hydrogen) atoms. The molecule has 1 aromatic heterocycles. The summed E-state index contributed by atoms with van der Waals surface area (Å²) >= 11 is 6.25. The Balaban J connectivity index is 2.12. The normalized spacial score (nSPS) is 11.1. The van der Waals surface area contributed by atoms with Crippen LogP contribution in [-0.2, 0) is 13.0 Å². The summed E-state index contributed by atoms with van der Waals surface area (Å²) in [6.45, 7) is 2.90. The molecule has 0 aliphatic heterocycles. The Hall–Kier alpha value is -1.80. The van der Waals surface area contributed by atoms with E-state index in [2.05, 4.69) is 34.7 Å². The molecule has 3 heteroatoms. The van der Waals surface area contributed by atoms with Crippen molar-refractivity contribution in [3.8, 4) is 0 Å². The number of imidazole rings is 1. The SMILES string of the molecule is CCc1nc2ccccc2n1Cc1ccccc1Cl. The zero-order valence-electron chi connectivity index (χ0n) is 10.8. The molecule has 2 nitrogen and oxygen atoms in total. The number of aryl methyl sites for hydroxylation is 1.